The van der Waals surface area contributed by atoms with E-state index >= 15 is 0 Å². The molecule has 12 heteroatoms. The van der Waals surface area contributed by atoms with Crippen LogP contribution in [-0.2, 0) is 15.6 Å². The summed E-state index contributed by atoms with van der Waals surface area (Å²) in [5.74, 6) is -2.96. The molecule has 1 aromatic heterocycles. The van der Waals surface area contributed by atoms with Crippen molar-refractivity contribution >= 4 is 38.5 Å². The molecule has 0 amide bonds. The van der Waals surface area contributed by atoms with Gasteiger partial charge in [0, 0.05) is 23.7 Å². The number of likely N-dealkylation sites (N-methyl/N-ethyl adjacent to an activating group) is 1. The average Bonchev–Trinajstić information content (AvgIpc) is 3.15. The number of rotatable bonds is 6. The molecule has 31 heavy (non-hydrogen) atoms. The molecule has 1 saturated carbocycles. The minimum absolute atomic E-state index is 0.0144. The van der Waals surface area contributed by atoms with E-state index in [0.29, 0.717) is 11.4 Å². The van der Waals surface area contributed by atoms with Gasteiger partial charge in [0.15, 0.2) is 9.84 Å². The minimum atomic E-state index is -4.32. The normalized spacial score (nSPS) is 22.6. The number of sulfone groups is 1. The summed E-state index contributed by atoms with van der Waals surface area (Å²) < 4.78 is 79.7. The molecule has 1 N–H and O–H groups in total. The molecule has 2 aromatic rings. The molecule has 1 aromatic carbocycles. The molecule has 172 valence electrons. The second kappa shape index (κ2) is 9.21. The summed E-state index contributed by atoms with van der Waals surface area (Å²) in [5.41, 5.74) is 0.0621. The van der Waals surface area contributed by atoms with Crippen molar-refractivity contribution in [1.29, 1.82) is 0 Å². The third-order valence-electron chi connectivity index (χ3n) is 5.43. The number of nitrogens with one attached hydrogen (secondary N) is 1. The first-order valence-electron chi connectivity index (χ1n) is 9.48. The predicted molar refractivity (Wildman–Crippen MR) is 113 cm³/mol. The highest BCUT2D eigenvalue weighted by Gasteiger charge is 2.45. The lowest BCUT2D eigenvalue weighted by Crippen LogP contribution is -2.49. The standard InChI is InChI=1S/C19H22ClF4N3O2S2/c1-27(2)16-4-3-11(19(22,23)24)7-15(16)26-14-9-13(21)17(8-12(14)20)31(28,29)10-18-25-5-6-30-18/h5-6,8-9,11,15-16,26H,3-4,7,10H2,1-2H3/t11-,15-,16-/m1/s1. The van der Waals surface area contributed by atoms with E-state index in [1.54, 1.807) is 19.5 Å². The van der Waals surface area contributed by atoms with Crippen LogP contribution in [0.1, 0.15) is 24.3 Å². The highest BCUT2D eigenvalue weighted by molar-refractivity contribution is 7.90. The smallest absolute Gasteiger partial charge is 0.379 e. The van der Waals surface area contributed by atoms with Crippen LogP contribution >= 0.6 is 22.9 Å². The van der Waals surface area contributed by atoms with Crippen LogP contribution in [0.4, 0.5) is 23.2 Å². The lowest BCUT2D eigenvalue weighted by atomic mass is 9.81. The summed E-state index contributed by atoms with van der Waals surface area (Å²) >= 11 is 7.35. The van der Waals surface area contributed by atoms with Crippen LogP contribution in [-0.4, -0.2) is 50.7 Å². The summed E-state index contributed by atoms with van der Waals surface area (Å²) in [6.07, 6.45) is -2.73. The largest absolute Gasteiger partial charge is 0.391 e. The lowest BCUT2D eigenvalue weighted by Gasteiger charge is -2.41. The number of alkyl halides is 3. The summed E-state index contributed by atoms with van der Waals surface area (Å²) in [6, 6.07) is 1.08. The molecule has 0 bridgehead atoms. The van der Waals surface area contributed by atoms with E-state index in [4.69, 9.17) is 11.6 Å². The molecule has 3 rings (SSSR count). The van der Waals surface area contributed by atoms with Gasteiger partial charge in [0.1, 0.15) is 21.5 Å². The van der Waals surface area contributed by atoms with Crippen LogP contribution in [0, 0.1) is 11.7 Å². The molecular formula is C19H22ClF4N3O2S2. The first-order valence-corrected chi connectivity index (χ1v) is 12.4. The Morgan fingerprint density at radius 3 is 2.58 bits per heavy atom. The van der Waals surface area contributed by atoms with E-state index in [1.165, 1.54) is 6.20 Å². The fraction of sp³-hybridized carbons (Fsp3) is 0.526. The minimum Gasteiger partial charge on any atom is -0.379 e. The second-order valence-electron chi connectivity index (χ2n) is 7.78. The Balaban J connectivity index is 1.86. The Hall–Kier alpha value is -1.43. The zero-order valence-corrected chi connectivity index (χ0v) is 19.2. The molecular weight excluding hydrogens is 478 g/mol. The average molecular weight is 500 g/mol. The summed E-state index contributed by atoms with van der Waals surface area (Å²) in [4.78, 5) is 5.15. The molecule has 1 fully saturated rings. The van der Waals surface area contributed by atoms with Crippen LogP contribution in [0.2, 0.25) is 5.02 Å². The topological polar surface area (TPSA) is 62.3 Å². The van der Waals surface area contributed by atoms with E-state index < -0.39 is 44.4 Å². The Bertz CT molecular complexity index is 1010. The van der Waals surface area contributed by atoms with Crippen molar-refractivity contribution in [3.63, 3.8) is 0 Å². The Morgan fingerprint density at radius 1 is 1.29 bits per heavy atom. The first kappa shape index (κ1) is 24.2. The third-order valence-corrected chi connectivity index (χ3v) is 8.35. The van der Waals surface area contributed by atoms with Crippen molar-refractivity contribution in [1.82, 2.24) is 9.88 Å². The van der Waals surface area contributed by atoms with Gasteiger partial charge in [-0.15, -0.1) is 11.3 Å². The molecule has 0 radical (unpaired) electrons. The number of halogens is 5. The van der Waals surface area contributed by atoms with Gasteiger partial charge in [0.2, 0.25) is 0 Å². The maximum atomic E-state index is 14.7. The fourth-order valence-corrected chi connectivity index (χ4v) is 6.50. The van der Waals surface area contributed by atoms with Gasteiger partial charge in [-0.05, 0) is 45.5 Å². The van der Waals surface area contributed by atoms with Gasteiger partial charge in [-0.25, -0.2) is 17.8 Å². The summed E-state index contributed by atoms with van der Waals surface area (Å²) in [7, 11) is -0.500. The van der Waals surface area contributed by atoms with Gasteiger partial charge in [0.25, 0.3) is 0 Å². The van der Waals surface area contributed by atoms with E-state index in [-0.39, 0.29) is 29.6 Å². The Morgan fingerprint density at radius 2 is 2.00 bits per heavy atom. The number of nitrogens with zero attached hydrogens (tertiary/aromatic N) is 2. The molecule has 1 aliphatic rings. The highest BCUT2D eigenvalue weighted by Crippen LogP contribution is 2.40. The second-order valence-corrected chi connectivity index (χ2v) is 11.1. The van der Waals surface area contributed by atoms with Gasteiger partial charge in [-0.1, -0.05) is 11.6 Å². The van der Waals surface area contributed by atoms with Gasteiger partial charge in [-0.3, -0.25) is 0 Å². The van der Waals surface area contributed by atoms with Crippen molar-refractivity contribution in [3.05, 3.63) is 39.6 Å². The summed E-state index contributed by atoms with van der Waals surface area (Å²) in [5, 5.41) is 4.77. The highest BCUT2D eigenvalue weighted by atomic mass is 35.5. The first-order chi connectivity index (χ1) is 14.4. The van der Waals surface area contributed by atoms with Crippen molar-refractivity contribution in [2.75, 3.05) is 19.4 Å². The number of hydrogen-bond acceptors (Lipinski definition) is 6. The Kier molecular flexibility index (Phi) is 7.19. The van der Waals surface area contributed by atoms with Crippen molar-refractivity contribution in [2.45, 2.75) is 48.2 Å². The number of thiazole rings is 1. The number of benzene rings is 1. The van der Waals surface area contributed by atoms with Crippen molar-refractivity contribution in [2.24, 2.45) is 5.92 Å². The maximum Gasteiger partial charge on any atom is 0.391 e. The van der Waals surface area contributed by atoms with Crippen LogP contribution in [0.5, 0.6) is 0 Å². The third kappa shape index (κ3) is 5.68. The fourth-order valence-electron chi connectivity index (χ4n) is 3.87. The van der Waals surface area contributed by atoms with Crippen LogP contribution < -0.4 is 5.32 Å². The quantitative estimate of drug-likeness (QED) is 0.568. The number of hydrogen-bond donors (Lipinski definition) is 1. The zero-order valence-electron chi connectivity index (χ0n) is 16.8. The van der Waals surface area contributed by atoms with Crippen LogP contribution in [0.3, 0.4) is 0 Å². The zero-order chi connectivity index (χ0) is 23.0. The molecule has 1 aliphatic carbocycles. The lowest BCUT2D eigenvalue weighted by molar-refractivity contribution is -0.185. The van der Waals surface area contributed by atoms with Crippen LogP contribution in [0.15, 0.2) is 28.6 Å². The van der Waals surface area contributed by atoms with E-state index in [2.05, 4.69) is 10.3 Å². The van der Waals surface area contributed by atoms with Crippen molar-refractivity contribution in [3.8, 4) is 0 Å². The predicted octanol–water partition coefficient (Wildman–Crippen LogP) is 4.98. The molecule has 0 unspecified atom stereocenters. The summed E-state index contributed by atoms with van der Waals surface area (Å²) in [6.45, 7) is 0. The van der Waals surface area contributed by atoms with E-state index in [1.807, 2.05) is 4.90 Å². The van der Waals surface area contributed by atoms with E-state index in [9.17, 15) is 26.0 Å². The van der Waals surface area contributed by atoms with Gasteiger partial charge < -0.3 is 10.2 Å². The Labute approximate surface area is 187 Å². The van der Waals surface area contributed by atoms with Gasteiger partial charge in [0.05, 0.1) is 16.6 Å². The SMILES string of the molecule is CN(C)[C@@H]1CC[C@@H](C(F)(F)F)C[C@H]1Nc1cc(F)c(S(=O)(=O)Cc2nccs2)cc1Cl. The van der Waals surface area contributed by atoms with E-state index in [0.717, 1.165) is 23.5 Å². The van der Waals surface area contributed by atoms with Crippen LogP contribution in [0.25, 0.3) is 0 Å². The number of anilines is 1. The maximum absolute atomic E-state index is 14.7. The molecule has 5 nitrogen and oxygen atoms in total. The van der Waals surface area contributed by atoms with Gasteiger partial charge >= 0.3 is 6.18 Å². The molecule has 1 heterocycles. The van der Waals surface area contributed by atoms with Gasteiger partial charge in [-0.2, -0.15) is 13.2 Å². The monoisotopic (exact) mass is 499 g/mol. The molecule has 0 saturated heterocycles. The molecule has 0 aliphatic heterocycles. The molecule has 0 spiro atoms. The number of aromatic nitrogens is 1. The molecule has 3 atom stereocenters. The van der Waals surface area contributed by atoms with Crippen molar-refractivity contribution < 1.29 is 26.0 Å².